The van der Waals surface area contributed by atoms with Gasteiger partial charge in [-0.3, -0.25) is 0 Å². The topological polar surface area (TPSA) is 37.4 Å². The molecule has 1 fully saturated rings. The molecule has 1 aliphatic heterocycles. The summed E-state index contributed by atoms with van der Waals surface area (Å²) in [5, 5.41) is 0. The summed E-state index contributed by atoms with van der Waals surface area (Å²) in [7, 11) is -3.43. The number of piperidine rings is 1. The highest BCUT2D eigenvalue weighted by Crippen LogP contribution is 2.32. The molecule has 1 heterocycles. The number of sulfonamides is 1. The molecule has 0 aromatic heterocycles. The van der Waals surface area contributed by atoms with Crippen LogP contribution in [0, 0.1) is 5.92 Å². The minimum atomic E-state index is -3.43. The summed E-state index contributed by atoms with van der Waals surface area (Å²) >= 11 is 6.69. The summed E-state index contributed by atoms with van der Waals surface area (Å²) < 4.78 is 28.6. The van der Waals surface area contributed by atoms with Crippen LogP contribution in [0.15, 0.2) is 32.0 Å². The summed E-state index contributed by atoms with van der Waals surface area (Å²) in [6.45, 7) is 4.69. The van der Waals surface area contributed by atoms with E-state index < -0.39 is 10.0 Å². The van der Waals surface area contributed by atoms with Gasteiger partial charge in [0.2, 0.25) is 10.0 Å². The van der Waals surface area contributed by atoms with E-state index in [0.29, 0.717) is 21.8 Å². The van der Waals surface area contributed by atoms with E-state index in [2.05, 4.69) is 38.8 Å². The molecular formula is C13H17Br2NO2S. The van der Waals surface area contributed by atoms with Crippen molar-refractivity contribution in [1.82, 2.24) is 4.31 Å². The Labute approximate surface area is 131 Å². The smallest absolute Gasteiger partial charge is 0.207 e. The van der Waals surface area contributed by atoms with Gasteiger partial charge in [-0.25, -0.2) is 8.42 Å². The number of benzene rings is 1. The molecule has 0 bridgehead atoms. The first-order valence-corrected chi connectivity index (χ1v) is 9.32. The highest BCUT2D eigenvalue weighted by molar-refractivity contribution is 9.11. The highest BCUT2D eigenvalue weighted by atomic mass is 79.9. The Balaban J connectivity index is 2.41. The van der Waals surface area contributed by atoms with E-state index in [1.165, 1.54) is 0 Å². The second-order valence-corrected chi connectivity index (χ2v) is 8.81. The van der Waals surface area contributed by atoms with Crippen LogP contribution in [-0.4, -0.2) is 25.3 Å². The van der Waals surface area contributed by atoms with Crippen LogP contribution in [0.3, 0.4) is 0 Å². The predicted octanol–water partition coefficient (Wildman–Crippen LogP) is 4.02. The van der Waals surface area contributed by atoms with Crippen molar-refractivity contribution in [3.05, 3.63) is 27.1 Å². The zero-order valence-corrected chi connectivity index (χ0v) is 14.9. The van der Waals surface area contributed by atoms with Crippen LogP contribution in [0.5, 0.6) is 0 Å². The molecule has 6 heteroatoms. The fourth-order valence-electron chi connectivity index (χ4n) is 2.39. The van der Waals surface area contributed by atoms with Crippen LogP contribution >= 0.6 is 31.9 Å². The van der Waals surface area contributed by atoms with Crippen LogP contribution < -0.4 is 0 Å². The van der Waals surface area contributed by atoms with Crippen molar-refractivity contribution in [2.24, 2.45) is 5.92 Å². The Kier molecular flexibility index (Phi) is 4.75. The van der Waals surface area contributed by atoms with Crippen molar-refractivity contribution in [2.75, 3.05) is 6.54 Å². The minimum Gasteiger partial charge on any atom is -0.207 e. The Morgan fingerprint density at radius 2 is 1.89 bits per heavy atom. The SMILES string of the molecule is CC1CCC(C)N(S(=O)(=O)c2ccc(Br)cc2Br)C1. The molecule has 0 spiro atoms. The van der Waals surface area contributed by atoms with Crippen LogP contribution in [0.1, 0.15) is 26.7 Å². The largest absolute Gasteiger partial charge is 0.244 e. The molecule has 0 aliphatic carbocycles. The number of nitrogens with zero attached hydrogens (tertiary/aromatic N) is 1. The molecule has 2 rings (SSSR count). The van der Waals surface area contributed by atoms with Gasteiger partial charge in [0.25, 0.3) is 0 Å². The first-order chi connectivity index (χ1) is 8.82. The molecule has 1 aromatic rings. The van der Waals surface area contributed by atoms with E-state index in [1.54, 1.807) is 22.5 Å². The Morgan fingerprint density at radius 1 is 1.21 bits per heavy atom. The van der Waals surface area contributed by atoms with Gasteiger partial charge in [0.1, 0.15) is 0 Å². The van der Waals surface area contributed by atoms with E-state index in [1.807, 2.05) is 6.92 Å². The van der Waals surface area contributed by atoms with Crippen LogP contribution in [0.25, 0.3) is 0 Å². The predicted molar refractivity (Wildman–Crippen MR) is 83.6 cm³/mol. The molecule has 3 nitrogen and oxygen atoms in total. The summed E-state index contributed by atoms with van der Waals surface area (Å²) in [5.41, 5.74) is 0. The maximum atomic E-state index is 12.8. The summed E-state index contributed by atoms with van der Waals surface area (Å²) in [6.07, 6.45) is 2.02. The number of rotatable bonds is 2. The lowest BCUT2D eigenvalue weighted by atomic mass is 9.97. The van der Waals surface area contributed by atoms with E-state index >= 15 is 0 Å². The van der Waals surface area contributed by atoms with Crippen LogP contribution in [0.4, 0.5) is 0 Å². The zero-order chi connectivity index (χ0) is 14.2. The van der Waals surface area contributed by atoms with Crippen molar-refractivity contribution in [3.63, 3.8) is 0 Å². The van der Waals surface area contributed by atoms with Gasteiger partial charge in [0.05, 0.1) is 4.90 Å². The van der Waals surface area contributed by atoms with Crippen molar-refractivity contribution >= 4 is 41.9 Å². The van der Waals surface area contributed by atoms with Gasteiger partial charge < -0.3 is 0 Å². The van der Waals surface area contributed by atoms with Gasteiger partial charge in [-0.15, -0.1) is 0 Å². The maximum Gasteiger partial charge on any atom is 0.244 e. The first kappa shape index (κ1) is 15.5. The third-order valence-electron chi connectivity index (χ3n) is 3.54. The fourth-order valence-corrected chi connectivity index (χ4v) is 5.88. The monoisotopic (exact) mass is 409 g/mol. The van der Waals surface area contributed by atoms with Crippen LogP contribution in [0.2, 0.25) is 0 Å². The summed E-state index contributed by atoms with van der Waals surface area (Å²) in [4.78, 5) is 0.344. The number of hydrogen-bond acceptors (Lipinski definition) is 2. The fraction of sp³-hybridized carbons (Fsp3) is 0.538. The Bertz CT molecular complexity index is 574. The van der Waals surface area contributed by atoms with E-state index in [-0.39, 0.29) is 6.04 Å². The quantitative estimate of drug-likeness (QED) is 0.738. The average Bonchev–Trinajstić information content (AvgIpc) is 2.31. The molecule has 0 N–H and O–H groups in total. The average molecular weight is 411 g/mol. The van der Waals surface area contributed by atoms with Gasteiger partial charge in [0, 0.05) is 21.5 Å². The molecule has 2 atom stereocenters. The van der Waals surface area contributed by atoms with Crippen molar-refractivity contribution in [3.8, 4) is 0 Å². The molecule has 106 valence electrons. The van der Waals surface area contributed by atoms with E-state index in [4.69, 9.17) is 0 Å². The highest BCUT2D eigenvalue weighted by Gasteiger charge is 2.34. The number of hydrogen-bond donors (Lipinski definition) is 0. The zero-order valence-electron chi connectivity index (χ0n) is 10.9. The number of halogens is 2. The lowest BCUT2D eigenvalue weighted by molar-refractivity contribution is 0.218. The lowest BCUT2D eigenvalue weighted by Crippen LogP contribution is -2.44. The molecule has 0 radical (unpaired) electrons. The first-order valence-electron chi connectivity index (χ1n) is 6.29. The maximum absolute atomic E-state index is 12.8. The van der Waals surface area contributed by atoms with Gasteiger partial charge in [-0.2, -0.15) is 4.31 Å². The second kappa shape index (κ2) is 5.84. The van der Waals surface area contributed by atoms with Gasteiger partial charge in [0.15, 0.2) is 0 Å². The molecule has 1 aliphatic rings. The molecular weight excluding hydrogens is 394 g/mol. The second-order valence-electron chi connectivity index (χ2n) is 5.18. The van der Waals surface area contributed by atoms with Gasteiger partial charge >= 0.3 is 0 Å². The van der Waals surface area contributed by atoms with Crippen molar-refractivity contribution in [1.29, 1.82) is 0 Å². The molecule has 2 unspecified atom stereocenters. The van der Waals surface area contributed by atoms with E-state index in [0.717, 1.165) is 17.3 Å². The van der Waals surface area contributed by atoms with Gasteiger partial charge in [-0.1, -0.05) is 22.9 Å². The third-order valence-corrected chi connectivity index (χ3v) is 6.99. The van der Waals surface area contributed by atoms with Crippen molar-refractivity contribution < 1.29 is 8.42 Å². The van der Waals surface area contributed by atoms with Gasteiger partial charge in [-0.05, 0) is 59.8 Å². The Hall–Kier alpha value is 0.0900. The minimum absolute atomic E-state index is 0.0664. The molecule has 1 saturated heterocycles. The van der Waals surface area contributed by atoms with Crippen molar-refractivity contribution in [2.45, 2.75) is 37.6 Å². The summed E-state index contributed by atoms with van der Waals surface area (Å²) in [6, 6.07) is 5.24. The standard InChI is InChI=1S/C13H17Br2NO2S/c1-9-3-4-10(2)16(8-9)19(17,18)13-6-5-11(14)7-12(13)15/h5-7,9-10H,3-4,8H2,1-2H3. The van der Waals surface area contributed by atoms with E-state index in [9.17, 15) is 8.42 Å². The van der Waals surface area contributed by atoms with Crippen LogP contribution in [-0.2, 0) is 10.0 Å². The third kappa shape index (κ3) is 3.23. The molecule has 0 saturated carbocycles. The molecule has 1 aromatic carbocycles. The molecule has 0 amide bonds. The normalized spacial score (nSPS) is 25.5. The molecule has 19 heavy (non-hydrogen) atoms. The lowest BCUT2D eigenvalue weighted by Gasteiger charge is -2.35. The Morgan fingerprint density at radius 3 is 2.53 bits per heavy atom. The summed E-state index contributed by atoms with van der Waals surface area (Å²) in [5.74, 6) is 0.417.